The molecular formula is C15H16F3N3OS. The van der Waals surface area contributed by atoms with Crippen LogP contribution in [0.3, 0.4) is 0 Å². The monoisotopic (exact) mass is 343 g/mol. The summed E-state index contributed by atoms with van der Waals surface area (Å²) in [7, 11) is 0. The predicted octanol–water partition coefficient (Wildman–Crippen LogP) is 3.56. The summed E-state index contributed by atoms with van der Waals surface area (Å²) in [5.41, 5.74) is 0.496. The second-order valence-corrected chi connectivity index (χ2v) is 6.37. The molecule has 1 aromatic heterocycles. The number of benzene rings is 1. The lowest BCUT2D eigenvalue weighted by atomic mass is 10.1. The van der Waals surface area contributed by atoms with Crippen LogP contribution in [0.4, 0.5) is 13.2 Å². The molecule has 1 N–H and O–H groups in total. The first-order valence-electron chi connectivity index (χ1n) is 7.02. The van der Waals surface area contributed by atoms with Gasteiger partial charge >= 0.3 is 6.18 Å². The molecule has 0 saturated heterocycles. The van der Waals surface area contributed by atoms with E-state index in [-0.39, 0.29) is 17.3 Å². The van der Waals surface area contributed by atoms with E-state index in [0.29, 0.717) is 10.6 Å². The smallest absolute Gasteiger partial charge is 0.338 e. The van der Waals surface area contributed by atoms with Crippen molar-refractivity contribution in [3.8, 4) is 0 Å². The third-order valence-corrected chi connectivity index (χ3v) is 4.33. The van der Waals surface area contributed by atoms with E-state index in [9.17, 15) is 18.0 Å². The lowest BCUT2D eigenvalue weighted by Gasteiger charge is -2.21. The van der Waals surface area contributed by atoms with Crippen LogP contribution in [0.1, 0.15) is 40.1 Å². The number of carbonyl (C=O) groups is 1. The Bertz CT molecular complexity index is 655. The Hall–Kier alpha value is -1.96. The Kier molecular flexibility index (Phi) is 5.35. The number of hydrogen-bond donors (Lipinski definition) is 1. The molecule has 0 aliphatic heterocycles. The second kappa shape index (κ2) is 7.08. The van der Waals surface area contributed by atoms with Crippen molar-refractivity contribution >= 4 is 17.2 Å². The molecule has 1 aromatic carbocycles. The van der Waals surface area contributed by atoms with Crippen LogP contribution in [0.5, 0.6) is 0 Å². The minimum atomic E-state index is -4.54. The van der Waals surface area contributed by atoms with E-state index in [1.807, 2.05) is 19.2 Å². The van der Waals surface area contributed by atoms with Gasteiger partial charge in [0.15, 0.2) is 0 Å². The normalized spacial score (nSPS) is 13.1. The topological polar surface area (TPSA) is 54.9 Å². The minimum Gasteiger partial charge on any atom is -0.338 e. The fourth-order valence-electron chi connectivity index (χ4n) is 1.88. The first-order valence-corrected chi connectivity index (χ1v) is 7.84. The van der Waals surface area contributed by atoms with Gasteiger partial charge in [-0.1, -0.05) is 55.5 Å². The van der Waals surface area contributed by atoms with Crippen LogP contribution in [-0.2, 0) is 6.42 Å². The molecule has 0 aliphatic carbocycles. The molecule has 0 radical (unpaired) electrons. The predicted molar refractivity (Wildman–Crippen MR) is 81.5 cm³/mol. The Morgan fingerprint density at radius 2 is 1.87 bits per heavy atom. The van der Waals surface area contributed by atoms with Gasteiger partial charge in [0.1, 0.15) is 11.0 Å². The van der Waals surface area contributed by atoms with Gasteiger partial charge in [-0.15, -0.1) is 10.2 Å². The van der Waals surface area contributed by atoms with E-state index in [1.165, 1.54) is 0 Å². The summed E-state index contributed by atoms with van der Waals surface area (Å²) in [6, 6.07) is 6.25. The molecule has 0 aliphatic rings. The van der Waals surface area contributed by atoms with Crippen molar-refractivity contribution in [3.63, 3.8) is 0 Å². The third-order valence-electron chi connectivity index (χ3n) is 3.11. The molecule has 0 bridgehead atoms. The van der Waals surface area contributed by atoms with Crippen molar-refractivity contribution in [1.82, 2.24) is 15.5 Å². The van der Waals surface area contributed by atoms with Gasteiger partial charge in [0.25, 0.3) is 5.91 Å². The fourth-order valence-corrected chi connectivity index (χ4v) is 2.63. The molecule has 2 aromatic rings. The Morgan fingerprint density at radius 1 is 1.22 bits per heavy atom. The van der Waals surface area contributed by atoms with Crippen LogP contribution in [0.2, 0.25) is 0 Å². The van der Waals surface area contributed by atoms with Crippen molar-refractivity contribution < 1.29 is 18.0 Å². The van der Waals surface area contributed by atoms with Gasteiger partial charge in [0.2, 0.25) is 5.01 Å². The van der Waals surface area contributed by atoms with Gasteiger partial charge in [-0.05, 0) is 5.56 Å². The van der Waals surface area contributed by atoms with Gasteiger partial charge in [-0.25, -0.2) is 0 Å². The highest BCUT2D eigenvalue weighted by molar-refractivity contribution is 7.13. The Balaban J connectivity index is 2.12. The molecule has 0 fully saturated rings. The van der Waals surface area contributed by atoms with Crippen LogP contribution < -0.4 is 5.32 Å². The fraction of sp³-hybridized carbons (Fsp3) is 0.400. The van der Waals surface area contributed by atoms with Crippen molar-refractivity contribution in [3.05, 3.63) is 45.9 Å². The minimum absolute atomic E-state index is 0.0592. The SMILES string of the molecule is CC(C)c1nnc(C(=O)NC(Cc2ccccc2)C(F)(F)F)s1. The number of rotatable bonds is 5. The van der Waals surface area contributed by atoms with Gasteiger partial charge in [0, 0.05) is 12.3 Å². The van der Waals surface area contributed by atoms with Crippen molar-refractivity contribution in [2.45, 2.75) is 38.4 Å². The zero-order valence-corrected chi connectivity index (χ0v) is 13.4. The first kappa shape index (κ1) is 17.4. The number of alkyl halides is 3. The largest absolute Gasteiger partial charge is 0.408 e. The van der Waals surface area contributed by atoms with Crippen molar-refractivity contribution in [1.29, 1.82) is 0 Å². The van der Waals surface area contributed by atoms with Gasteiger partial charge < -0.3 is 5.32 Å². The maximum atomic E-state index is 13.2. The lowest BCUT2D eigenvalue weighted by molar-refractivity contribution is -0.153. The molecule has 8 heteroatoms. The summed E-state index contributed by atoms with van der Waals surface area (Å²) in [5, 5.41) is 10.1. The molecular weight excluding hydrogens is 327 g/mol. The van der Waals surface area contributed by atoms with Crippen LogP contribution in [0.25, 0.3) is 0 Å². The first-order chi connectivity index (χ1) is 10.8. The van der Waals surface area contributed by atoms with Gasteiger partial charge in [0.05, 0.1) is 0 Å². The van der Waals surface area contributed by atoms with Gasteiger partial charge in [-0.3, -0.25) is 4.79 Å². The standard InChI is InChI=1S/C15H16F3N3OS/c1-9(2)13-20-21-14(23-13)12(22)19-11(15(16,17)18)8-10-6-4-3-5-7-10/h3-7,9,11H,8H2,1-2H3,(H,19,22). The lowest BCUT2D eigenvalue weighted by Crippen LogP contribution is -2.46. The zero-order chi connectivity index (χ0) is 17.0. The Labute approximate surface area is 135 Å². The van der Waals surface area contributed by atoms with E-state index >= 15 is 0 Å². The molecule has 1 heterocycles. The van der Waals surface area contributed by atoms with Gasteiger partial charge in [-0.2, -0.15) is 13.2 Å². The number of aromatic nitrogens is 2. The third kappa shape index (κ3) is 4.75. The summed E-state index contributed by atoms with van der Waals surface area (Å²) < 4.78 is 39.5. The molecule has 0 saturated carbocycles. The summed E-state index contributed by atoms with van der Waals surface area (Å²) in [6.07, 6.45) is -4.87. The molecule has 1 amide bonds. The molecule has 1 atom stereocenters. The number of nitrogens with zero attached hydrogens (tertiary/aromatic N) is 2. The average Bonchev–Trinajstić information content (AvgIpc) is 2.96. The van der Waals surface area contributed by atoms with Crippen LogP contribution in [0, 0.1) is 0 Å². The summed E-state index contributed by atoms with van der Waals surface area (Å²) in [5.74, 6) is -0.788. The molecule has 1 unspecified atom stereocenters. The molecule has 2 rings (SSSR count). The molecule has 124 valence electrons. The maximum absolute atomic E-state index is 13.2. The highest BCUT2D eigenvalue weighted by atomic mass is 32.1. The number of hydrogen-bond acceptors (Lipinski definition) is 4. The number of nitrogens with one attached hydrogen (secondary N) is 1. The molecule has 23 heavy (non-hydrogen) atoms. The zero-order valence-electron chi connectivity index (χ0n) is 12.6. The van der Waals surface area contributed by atoms with E-state index in [0.717, 1.165) is 11.3 Å². The highest BCUT2D eigenvalue weighted by Crippen LogP contribution is 2.24. The van der Waals surface area contributed by atoms with Crippen LogP contribution in [0.15, 0.2) is 30.3 Å². The Morgan fingerprint density at radius 3 is 2.39 bits per heavy atom. The number of amides is 1. The van der Waals surface area contributed by atoms with E-state index in [1.54, 1.807) is 30.3 Å². The average molecular weight is 343 g/mol. The molecule has 0 spiro atoms. The summed E-state index contributed by atoms with van der Waals surface area (Å²) in [4.78, 5) is 12.0. The van der Waals surface area contributed by atoms with Crippen LogP contribution in [-0.4, -0.2) is 28.3 Å². The quantitative estimate of drug-likeness (QED) is 0.903. The number of carbonyl (C=O) groups excluding carboxylic acids is 1. The highest BCUT2D eigenvalue weighted by Gasteiger charge is 2.41. The summed E-state index contributed by atoms with van der Waals surface area (Å²) >= 11 is 1.01. The van der Waals surface area contributed by atoms with E-state index < -0.39 is 18.1 Å². The van der Waals surface area contributed by atoms with E-state index in [2.05, 4.69) is 10.2 Å². The van der Waals surface area contributed by atoms with Crippen molar-refractivity contribution in [2.75, 3.05) is 0 Å². The maximum Gasteiger partial charge on any atom is 0.408 e. The van der Waals surface area contributed by atoms with E-state index in [4.69, 9.17) is 0 Å². The molecule has 4 nitrogen and oxygen atoms in total. The van der Waals surface area contributed by atoms with Crippen LogP contribution >= 0.6 is 11.3 Å². The summed E-state index contributed by atoms with van der Waals surface area (Å²) in [6.45, 7) is 3.74. The number of halogens is 3. The second-order valence-electron chi connectivity index (χ2n) is 5.36. The van der Waals surface area contributed by atoms with Crippen molar-refractivity contribution in [2.24, 2.45) is 0 Å².